The Morgan fingerprint density at radius 1 is 1.44 bits per heavy atom. The average molecular weight is 270 g/mol. The van der Waals surface area contributed by atoms with E-state index in [1.54, 1.807) is 19.1 Å². The van der Waals surface area contributed by atoms with Crippen molar-refractivity contribution in [1.29, 1.82) is 0 Å². The zero-order valence-corrected chi connectivity index (χ0v) is 11.5. The molecule has 0 aromatic heterocycles. The number of aryl methyl sites for hydroxylation is 1. The van der Waals surface area contributed by atoms with Crippen molar-refractivity contribution in [2.75, 3.05) is 19.0 Å². The van der Waals surface area contributed by atoms with E-state index in [1.165, 1.54) is 6.07 Å². The molecule has 0 saturated carbocycles. The number of rotatable bonds is 7. The van der Waals surface area contributed by atoms with Gasteiger partial charge in [-0.15, -0.1) is 0 Å². The van der Waals surface area contributed by atoms with Crippen LogP contribution in [0.2, 0.25) is 0 Å². The number of hydrogen-bond donors (Lipinski definition) is 1. The number of carboxylic acid groups (broad SMARTS) is 1. The Labute approximate surface area is 109 Å². The maximum absolute atomic E-state index is 12.0. The molecule has 0 amide bonds. The molecule has 1 rings (SSSR count). The van der Waals surface area contributed by atoms with Crippen LogP contribution >= 0.6 is 0 Å². The van der Waals surface area contributed by atoms with Crippen LogP contribution in [0.3, 0.4) is 0 Å². The Balaban J connectivity index is 2.68. The molecule has 0 saturated heterocycles. The number of carbonyl (C=O) groups is 1. The largest absolute Gasteiger partial charge is 0.478 e. The third-order valence-corrected chi connectivity index (χ3v) is 3.96. The van der Waals surface area contributed by atoms with Gasteiger partial charge in [0.05, 0.1) is 16.4 Å². The van der Waals surface area contributed by atoms with Crippen LogP contribution < -0.4 is 0 Å². The Morgan fingerprint density at radius 3 is 2.78 bits per heavy atom. The van der Waals surface area contributed by atoms with Gasteiger partial charge in [0.15, 0.2) is 0 Å². The summed E-state index contributed by atoms with van der Waals surface area (Å²) >= 11 is 0. The monoisotopic (exact) mass is 270 g/mol. The predicted molar refractivity (Wildman–Crippen MR) is 70.5 cm³/mol. The van der Waals surface area contributed by atoms with Gasteiger partial charge in [0.25, 0.3) is 0 Å². The molecule has 5 heteroatoms. The zero-order chi connectivity index (χ0) is 13.5. The molecule has 0 aliphatic rings. The lowest BCUT2D eigenvalue weighted by molar-refractivity contribution is 0.0696. The van der Waals surface area contributed by atoms with E-state index in [0.29, 0.717) is 35.8 Å². The smallest absolute Gasteiger partial charge is 0.335 e. The second-order valence-corrected chi connectivity index (χ2v) is 5.45. The minimum absolute atomic E-state index is 0.214. The average Bonchev–Trinajstić information content (AvgIpc) is 2.34. The van der Waals surface area contributed by atoms with Crippen molar-refractivity contribution in [3.63, 3.8) is 0 Å². The normalized spacial score (nSPS) is 12.3. The minimum atomic E-state index is -1.17. The Kier molecular flexibility index (Phi) is 6.01. The van der Waals surface area contributed by atoms with Gasteiger partial charge in [-0.05, 0) is 38.0 Å². The Bertz CT molecular complexity index is 443. The molecule has 0 radical (unpaired) electrons. The first-order valence-electron chi connectivity index (χ1n) is 5.86. The highest BCUT2D eigenvalue weighted by atomic mass is 32.2. The van der Waals surface area contributed by atoms with Crippen LogP contribution in [0.5, 0.6) is 0 Å². The van der Waals surface area contributed by atoms with Gasteiger partial charge in [0.1, 0.15) is 0 Å². The summed E-state index contributed by atoms with van der Waals surface area (Å²) < 4.78 is 17.1. The standard InChI is InChI=1S/C13H18O4S/c1-3-17-7-4-8-18(16)11-6-5-10(2)12(9-11)13(14)15/h5-6,9H,3-4,7-8H2,1-2H3,(H,14,15). The molecule has 1 unspecified atom stereocenters. The quantitative estimate of drug-likeness (QED) is 0.772. The topological polar surface area (TPSA) is 63.6 Å². The van der Waals surface area contributed by atoms with Gasteiger partial charge in [-0.25, -0.2) is 4.79 Å². The van der Waals surface area contributed by atoms with Crippen molar-refractivity contribution in [2.24, 2.45) is 0 Å². The number of benzene rings is 1. The predicted octanol–water partition coefficient (Wildman–Crippen LogP) is 2.23. The van der Waals surface area contributed by atoms with Crippen LogP contribution in [-0.4, -0.2) is 34.3 Å². The molecule has 1 aromatic rings. The number of ether oxygens (including phenoxy) is 1. The van der Waals surface area contributed by atoms with Crippen LogP contribution in [0.4, 0.5) is 0 Å². The van der Waals surface area contributed by atoms with Crippen LogP contribution in [0.1, 0.15) is 29.3 Å². The third-order valence-electron chi connectivity index (χ3n) is 2.52. The summed E-state index contributed by atoms with van der Waals surface area (Å²) in [6.07, 6.45) is 0.705. The van der Waals surface area contributed by atoms with Crippen molar-refractivity contribution in [3.8, 4) is 0 Å². The number of hydrogen-bond acceptors (Lipinski definition) is 3. The van der Waals surface area contributed by atoms with Crippen molar-refractivity contribution in [2.45, 2.75) is 25.2 Å². The molecule has 4 nitrogen and oxygen atoms in total. The third kappa shape index (κ3) is 4.23. The molecular formula is C13H18O4S. The van der Waals surface area contributed by atoms with Crippen LogP contribution in [-0.2, 0) is 15.5 Å². The Morgan fingerprint density at radius 2 is 2.17 bits per heavy atom. The van der Waals surface area contributed by atoms with Crippen molar-refractivity contribution in [1.82, 2.24) is 0 Å². The maximum Gasteiger partial charge on any atom is 0.335 e. The zero-order valence-electron chi connectivity index (χ0n) is 10.6. The second-order valence-electron chi connectivity index (χ2n) is 3.88. The van der Waals surface area contributed by atoms with Crippen LogP contribution in [0.15, 0.2) is 23.1 Å². The summed E-state index contributed by atoms with van der Waals surface area (Å²) in [6.45, 7) is 4.88. The van der Waals surface area contributed by atoms with E-state index >= 15 is 0 Å². The molecule has 0 aliphatic heterocycles. The summed E-state index contributed by atoms with van der Waals surface area (Å²) in [5, 5.41) is 9.00. The molecule has 0 bridgehead atoms. The van der Waals surface area contributed by atoms with Crippen molar-refractivity contribution >= 4 is 16.8 Å². The first kappa shape index (κ1) is 14.9. The molecule has 0 fully saturated rings. The molecule has 18 heavy (non-hydrogen) atoms. The lowest BCUT2D eigenvalue weighted by Crippen LogP contribution is -2.06. The maximum atomic E-state index is 12.0. The van der Waals surface area contributed by atoms with Gasteiger partial charge in [-0.3, -0.25) is 4.21 Å². The molecule has 0 spiro atoms. The van der Waals surface area contributed by atoms with Gasteiger partial charge < -0.3 is 9.84 Å². The van der Waals surface area contributed by atoms with E-state index in [2.05, 4.69) is 0 Å². The van der Waals surface area contributed by atoms with E-state index in [9.17, 15) is 9.00 Å². The number of carboxylic acids is 1. The van der Waals surface area contributed by atoms with Crippen molar-refractivity contribution in [3.05, 3.63) is 29.3 Å². The fraction of sp³-hybridized carbons (Fsp3) is 0.462. The molecular weight excluding hydrogens is 252 g/mol. The molecule has 1 N–H and O–H groups in total. The molecule has 0 aliphatic carbocycles. The highest BCUT2D eigenvalue weighted by Gasteiger charge is 2.11. The van der Waals surface area contributed by atoms with E-state index in [4.69, 9.17) is 9.84 Å². The first-order chi connectivity index (χ1) is 8.56. The number of aromatic carboxylic acids is 1. The lowest BCUT2D eigenvalue weighted by atomic mass is 10.1. The highest BCUT2D eigenvalue weighted by molar-refractivity contribution is 7.85. The van der Waals surface area contributed by atoms with Gasteiger partial charge >= 0.3 is 5.97 Å². The van der Waals surface area contributed by atoms with E-state index in [0.717, 1.165) is 0 Å². The SMILES string of the molecule is CCOCCCS(=O)c1ccc(C)c(C(=O)O)c1. The van der Waals surface area contributed by atoms with Crippen molar-refractivity contribution < 1.29 is 18.8 Å². The molecule has 100 valence electrons. The highest BCUT2D eigenvalue weighted by Crippen LogP contribution is 2.15. The summed E-state index contributed by atoms with van der Waals surface area (Å²) in [5.41, 5.74) is 0.892. The molecule has 1 atom stereocenters. The summed E-state index contributed by atoms with van der Waals surface area (Å²) in [4.78, 5) is 11.5. The lowest BCUT2D eigenvalue weighted by Gasteiger charge is -2.06. The fourth-order valence-corrected chi connectivity index (χ4v) is 2.61. The van der Waals surface area contributed by atoms with E-state index < -0.39 is 16.8 Å². The van der Waals surface area contributed by atoms with E-state index in [-0.39, 0.29) is 5.56 Å². The molecule has 1 aromatic carbocycles. The van der Waals surface area contributed by atoms with E-state index in [1.807, 2.05) is 6.92 Å². The second kappa shape index (κ2) is 7.28. The van der Waals surface area contributed by atoms with Gasteiger partial charge in [0, 0.05) is 23.9 Å². The summed E-state index contributed by atoms with van der Waals surface area (Å²) in [6, 6.07) is 4.91. The Hall–Kier alpha value is -1.20. The van der Waals surface area contributed by atoms with Crippen LogP contribution in [0, 0.1) is 6.92 Å². The van der Waals surface area contributed by atoms with Gasteiger partial charge in [-0.1, -0.05) is 6.07 Å². The first-order valence-corrected chi connectivity index (χ1v) is 7.18. The minimum Gasteiger partial charge on any atom is -0.478 e. The summed E-state index contributed by atoms with van der Waals surface area (Å²) in [7, 11) is -1.17. The molecule has 0 heterocycles. The van der Waals surface area contributed by atoms with Gasteiger partial charge in [-0.2, -0.15) is 0 Å². The fourth-order valence-electron chi connectivity index (χ4n) is 1.53. The van der Waals surface area contributed by atoms with Crippen LogP contribution in [0.25, 0.3) is 0 Å². The van der Waals surface area contributed by atoms with Gasteiger partial charge in [0.2, 0.25) is 0 Å². The summed E-state index contributed by atoms with van der Waals surface area (Å²) in [5.74, 6) is -0.497.